The molecule has 0 spiro atoms. The van der Waals surface area contributed by atoms with Crippen LogP contribution in [-0.4, -0.2) is 29.5 Å². The summed E-state index contributed by atoms with van der Waals surface area (Å²) >= 11 is 5.89. The Bertz CT molecular complexity index is 1060. The van der Waals surface area contributed by atoms with E-state index in [4.69, 9.17) is 11.6 Å². The van der Waals surface area contributed by atoms with Crippen molar-refractivity contribution in [2.24, 2.45) is 0 Å². The number of nitrogens with one attached hydrogen (secondary N) is 3. The lowest BCUT2D eigenvalue weighted by molar-refractivity contribution is -0.111. The number of H-pyrrole nitrogens is 1. The highest BCUT2D eigenvalue weighted by Gasteiger charge is 2.15. The van der Waals surface area contributed by atoms with Crippen LogP contribution in [0.1, 0.15) is 5.56 Å². The number of hydrogen-bond donors (Lipinski definition) is 3. The third-order valence-corrected chi connectivity index (χ3v) is 4.93. The van der Waals surface area contributed by atoms with E-state index in [0.717, 1.165) is 5.56 Å². The van der Waals surface area contributed by atoms with Gasteiger partial charge in [-0.25, -0.2) is 13.1 Å². The van der Waals surface area contributed by atoms with Crippen molar-refractivity contribution in [2.75, 3.05) is 10.0 Å². The van der Waals surface area contributed by atoms with E-state index in [1.54, 1.807) is 24.3 Å². The molecule has 0 radical (unpaired) electrons. The Balaban J connectivity index is 1.64. The topological polar surface area (TPSA) is 117 Å². The first-order chi connectivity index (χ1) is 12.9. The molecule has 138 valence electrons. The summed E-state index contributed by atoms with van der Waals surface area (Å²) in [4.78, 5) is 15.7. The molecule has 0 aliphatic heterocycles. The fraction of sp³-hybridized carbons (Fsp3) is 0. The zero-order valence-corrected chi connectivity index (χ0v) is 15.3. The molecule has 1 amide bonds. The zero-order chi connectivity index (χ0) is 19.3. The number of hydrogen-bond acceptors (Lipinski definition) is 5. The Hall–Kier alpha value is -3.17. The minimum absolute atomic E-state index is 0.0137. The van der Waals surface area contributed by atoms with Crippen LogP contribution in [0.2, 0.25) is 5.02 Å². The standard InChI is InChI=1S/C17H14ClN5O3S/c18-13-3-1-2-12(10-13)4-9-16(24)21-14-5-7-15(8-6-14)27(25,26)23-17-19-11-20-22-17/h1-11H,(H,21,24)(H2,19,20,22,23)/b9-4+. The predicted molar refractivity (Wildman–Crippen MR) is 103 cm³/mol. The van der Waals surface area contributed by atoms with E-state index >= 15 is 0 Å². The van der Waals surface area contributed by atoms with E-state index in [-0.39, 0.29) is 16.8 Å². The van der Waals surface area contributed by atoms with Crippen molar-refractivity contribution in [3.63, 3.8) is 0 Å². The average molecular weight is 404 g/mol. The van der Waals surface area contributed by atoms with Crippen LogP contribution in [0.3, 0.4) is 0 Å². The highest BCUT2D eigenvalue weighted by atomic mass is 35.5. The minimum atomic E-state index is -3.81. The van der Waals surface area contributed by atoms with Crippen molar-refractivity contribution >= 4 is 45.2 Å². The van der Waals surface area contributed by atoms with Crippen LogP contribution in [-0.2, 0) is 14.8 Å². The summed E-state index contributed by atoms with van der Waals surface area (Å²) in [5.41, 5.74) is 1.24. The van der Waals surface area contributed by atoms with E-state index in [1.807, 2.05) is 6.07 Å². The van der Waals surface area contributed by atoms with Gasteiger partial charge in [-0.2, -0.15) is 4.98 Å². The van der Waals surface area contributed by atoms with E-state index < -0.39 is 10.0 Å². The van der Waals surface area contributed by atoms with E-state index in [2.05, 4.69) is 25.2 Å². The summed E-state index contributed by atoms with van der Waals surface area (Å²) in [5.74, 6) is -0.414. The number of halogens is 1. The molecule has 27 heavy (non-hydrogen) atoms. The summed E-state index contributed by atoms with van der Waals surface area (Å²) in [7, 11) is -3.81. The van der Waals surface area contributed by atoms with Gasteiger partial charge in [0.25, 0.3) is 16.0 Å². The Morgan fingerprint density at radius 1 is 1.15 bits per heavy atom. The van der Waals surface area contributed by atoms with Crippen molar-refractivity contribution in [1.29, 1.82) is 0 Å². The van der Waals surface area contributed by atoms with Crippen LogP contribution in [0.5, 0.6) is 0 Å². The highest BCUT2D eigenvalue weighted by molar-refractivity contribution is 7.92. The fourth-order valence-corrected chi connectivity index (χ4v) is 3.27. The Kier molecular flexibility index (Phi) is 5.53. The Labute approximate surface area is 160 Å². The predicted octanol–water partition coefficient (Wildman–Crippen LogP) is 2.91. The lowest BCUT2D eigenvalue weighted by atomic mass is 10.2. The number of carbonyl (C=O) groups is 1. The number of aromatic amines is 1. The molecule has 8 nitrogen and oxygen atoms in total. The van der Waals surface area contributed by atoms with Crippen LogP contribution < -0.4 is 10.0 Å². The number of aromatic nitrogens is 3. The molecular formula is C17H14ClN5O3S. The Morgan fingerprint density at radius 3 is 2.59 bits per heavy atom. The van der Waals surface area contributed by atoms with Crippen LogP contribution in [0.15, 0.2) is 65.8 Å². The normalized spacial score (nSPS) is 11.4. The first-order valence-electron chi connectivity index (χ1n) is 7.66. The molecular weight excluding hydrogens is 390 g/mol. The second-order valence-corrected chi connectivity index (χ2v) is 7.45. The molecule has 0 atom stereocenters. The Morgan fingerprint density at radius 2 is 1.93 bits per heavy atom. The van der Waals surface area contributed by atoms with Crippen LogP contribution in [0.25, 0.3) is 6.08 Å². The molecule has 0 saturated heterocycles. The molecule has 0 saturated carbocycles. The number of carbonyl (C=O) groups excluding carboxylic acids is 1. The number of nitrogens with zero attached hydrogens (tertiary/aromatic N) is 2. The number of anilines is 2. The molecule has 0 bridgehead atoms. The summed E-state index contributed by atoms with van der Waals surface area (Å²) in [6.07, 6.45) is 4.25. The molecule has 10 heteroatoms. The first-order valence-corrected chi connectivity index (χ1v) is 9.52. The molecule has 3 N–H and O–H groups in total. The van der Waals surface area contributed by atoms with Crippen molar-refractivity contribution in [2.45, 2.75) is 4.90 Å². The third-order valence-electron chi connectivity index (χ3n) is 3.35. The van der Waals surface area contributed by atoms with E-state index in [9.17, 15) is 13.2 Å². The molecule has 0 aliphatic rings. The first kappa shape index (κ1) is 18.6. The molecule has 1 aromatic heterocycles. The second-order valence-electron chi connectivity index (χ2n) is 5.33. The van der Waals surface area contributed by atoms with E-state index in [1.165, 1.54) is 36.7 Å². The van der Waals surface area contributed by atoms with Gasteiger partial charge < -0.3 is 5.32 Å². The third kappa shape index (κ3) is 5.16. The van der Waals surface area contributed by atoms with Crippen molar-refractivity contribution in [1.82, 2.24) is 15.2 Å². The maximum atomic E-state index is 12.2. The van der Waals surface area contributed by atoms with Crippen LogP contribution >= 0.6 is 11.6 Å². The second kappa shape index (κ2) is 8.02. The van der Waals surface area contributed by atoms with E-state index in [0.29, 0.717) is 10.7 Å². The smallest absolute Gasteiger partial charge is 0.264 e. The minimum Gasteiger partial charge on any atom is -0.323 e. The number of amides is 1. The highest BCUT2D eigenvalue weighted by Crippen LogP contribution is 2.16. The summed E-state index contributed by atoms with van der Waals surface area (Å²) in [6.45, 7) is 0. The van der Waals surface area contributed by atoms with Gasteiger partial charge in [-0.05, 0) is 48.0 Å². The van der Waals surface area contributed by atoms with Gasteiger partial charge in [0.15, 0.2) is 0 Å². The monoisotopic (exact) mass is 403 g/mol. The SMILES string of the molecule is O=C(/C=C/c1cccc(Cl)c1)Nc1ccc(S(=O)(=O)Nc2nc[nH]n2)cc1. The number of sulfonamides is 1. The van der Waals surface area contributed by atoms with Gasteiger partial charge in [0.1, 0.15) is 6.33 Å². The average Bonchev–Trinajstić information content (AvgIpc) is 3.13. The van der Waals surface area contributed by atoms with Gasteiger partial charge in [0, 0.05) is 16.8 Å². The summed E-state index contributed by atoms with van der Waals surface area (Å²) < 4.78 is 26.6. The van der Waals surface area contributed by atoms with Crippen molar-refractivity contribution in [3.8, 4) is 0 Å². The van der Waals surface area contributed by atoms with Gasteiger partial charge in [-0.1, -0.05) is 23.7 Å². The summed E-state index contributed by atoms with van der Waals surface area (Å²) in [6, 6.07) is 12.8. The largest absolute Gasteiger partial charge is 0.323 e. The maximum absolute atomic E-state index is 12.2. The van der Waals surface area contributed by atoms with Crippen molar-refractivity contribution < 1.29 is 13.2 Å². The lowest BCUT2D eigenvalue weighted by Crippen LogP contribution is -2.14. The molecule has 3 aromatic rings. The van der Waals surface area contributed by atoms with Gasteiger partial charge in [-0.15, -0.1) is 5.10 Å². The van der Waals surface area contributed by atoms with Gasteiger partial charge >= 0.3 is 0 Å². The van der Waals surface area contributed by atoms with Crippen molar-refractivity contribution in [3.05, 3.63) is 71.5 Å². The van der Waals surface area contributed by atoms with Gasteiger partial charge in [0.05, 0.1) is 4.90 Å². The zero-order valence-electron chi connectivity index (χ0n) is 13.8. The molecule has 1 heterocycles. The number of benzene rings is 2. The summed E-state index contributed by atoms with van der Waals surface area (Å²) in [5, 5.41) is 9.27. The molecule has 3 rings (SSSR count). The van der Waals surface area contributed by atoms with Gasteiger partial charge in [0.2, 0.25) is 5.91 Å². The molecule has 2 aromatic carbocycles. The van der Waals surface area contributed by atoms with Gasteiger partial charge in [-0.3, -0.25) is 9.89 Å². The van der Waals surface area contributed by atoms with Crippen LogP contribution in [0, 0.1) is 0 Å². The maximum Gasteiger partial charge on any atom is 0.264 e. The van der Waals surface area contributed by atoms with Crippen LogP contribution in [0.4, 0.5) is 11.6 Å². The molecule has 0 unspecified atom stereocenters. The molecule has 0 aliphatic carbocycles. The fourth-order valence-electron chi connectivity index (χ4n) is 2.12. The molecule has 0 fully saturated rings. The lowest BCUT2D eigenvalue weighted by Gasteiger charge is -2.06. The number of rotatable bonds is 6. The quantitative estimate of drug-likeness (QED) is 0.547.